The van der Waals surface area contributed by atoms with Crippen molar-refractivity contribution in [2.75, 3.05) is 0 Å². The van der Waals surface area contributed by atoms with Gasteiger partial charge in [-0.25, -0.2) is 0 Å². The molecule has 0 bridgehead atoms. The van der Waals surface area contributed by atoms with Gasteiger partial charge in [0.2, 0.25) is 0 Å². The molecule has 0 aliphatic heterocycles. The highest BCUT2D eigenvalue weighted by atomic mass is 19.3. The second-order valence-corrected chi connectivity index (χ2v) is 6.08. The van der Waals surface area contributed by atoms with Crippen LogP contribution in [0.3, 0.4) is 0 Å². The SMILES string of the molecule is Cc1cc(-n2c(C)cc(C(=O)NCc3ccccc3OC(F)F)c2C)no1. The predicted octanol–water partition coefficient (Wildman–Crippen LogP) is 3.92. The summed E-state index contributed by atoms with van der Waals surface area (Å²) in [5.41, 5.74) is 2.47. The van der Waals surface area contributed by atoms with Crippen molar-refractivity contribution < 1.29 is 22.8 Å². The minimum atomic E-state index is -2.92. The van der Waals surface area contributed by atoms with Crippen LogP contribution in [0.4, 0.5) is 8.78 Å². The summed E-state index contributed by atoms with van der Waals surface area (Å²) in [4.78, 5) is 12.6. The molecule has 0 radical (unpaired) electrons. The first-order valence-electron chi connectivity index (χ1n) is 8.30. The molecule has 0 unspecified atom stereocenters. The molecule has 2 aromatic heterocycles. The van der Waals surface area contributed by atoms with Crippen molar-refractivity contribution in [1.29, 1.82) is 0 Å². The van der Waals surface area contributed by atoms with E-state index in [-0.39, 0.29) is 18.2 Å². The molecule has 8 heteroatoms. The molecular weight excluding hydrogens is 356 g/mol. The van der Waals surface area contributed by atoms with Gasteiger partial charge in [0.05, 0.1) is 5.56 Å². The number of hydrogen-bond acceptors (Lipinski definition) is 4. The molecular formula is C19H19F2N3O3. The highest BCUT2D eigenvalue weighted by Crippen LogP contribution is 2.22. The van der Waals surface area contributed by atoms with Crippen LogP contribution in [0.5, 0.6) is 5.75 Å². The van der Waals surface area contributed by atoms with Crippen LogP contribution in [0.15, 0.2) is 40.9 Å². The number of para-hydroxylation sites is 1. The fourth-order valence-corrected chi connectivity index (χ4v) is 2.94. The summed E-state index contributed by atoms with van der Waals surface area (Å²) >= 11 is 0. The molecule has 0 spiro atoms. The van der Waals surface area contributed by atoms with Crippen LogP contribution in [0, 0.1) is 20.8 Å². The van der Waals surface area contributed by atoms with E-state index in [2.05, 4.69) is 15.2 Å². The summed E-state index contributed by atoms with van der Waals surface area (Å²) in [6.07, 6.45) is 0. The van der Waals surface area contributed by atoms with Crippen molar-refractivity contribution in [2.24, 2.45) is 0 Å². The Labute approximate surface area is 154 Å². The summed E-state index contributed by atoms with van der Waals surface area (Å²) in [5.74, 6) is 0.981. The Hall–Kier alpha value is -3.16. The molecule has 3 rings (SSSR count). The fourth-order valence-electron chi connectivity index (χ4n) is 2.94. The molecule has 0 aliphatic rings. The van der Waals surface area contributed by atoms with Crippen molar-refractivity contribution >= 4 is 5.91 Å². The number of benzene rings is 1. The standard InChI is InChI=1S/C19H19F2N3O3/c1-11-8-15(13(3)24(11)17-9-12(2)27-23-17)18(25)22-10-14-6-4-5-7-16(14)26-19(20)21/h4-9,19H,10H2,1-3H3,(H,22,25). The molecule has 27 heavy (non-hydrogen) atoms. The van der Waals surface area contributed by atoms with Crippen molar-refractivity contribution in [1.82, 2.24) is 15.0 Å². The van der Waals surface area contributed by atoms with Gasteiger partial charge in [0.1, 0.15) is 11.5 Å². The molecule has 1 aromatic carbocycles. The van der Waals surface area contributed by atoms with Gasteiger partial charge in [0.25, 0.3) is 5.91 Å². The van der Waals surface area contributed by atoms with Crippen LogP contribution in [0.1, 0.15) is 33.1 Å². The number of aryl methyl sites for hydroxylation is 2. The van der Waals surface area contributed by atoms with Crippen molar-refractivity contribution in [3.63, 3.8) is 0 Å². The Morgan fingerprint density at radius 3 is 2.67 bits per heavy atom. The van der Waals surface area contributed by atoms with Gasteiger partial charge in [0, 0.05) is 29.6 Å². The third-order valence-electron chi connectivity index (χ3n) is 4.15. The molecule has 0 fully saturated rings. The molecule has 6 nitrogen and oxygen atoms in total. The Morgan fingerprint density at radius 1 is 1.26 bits per heavy atom. The Balaban J connectivity index is 1.78. The van der Waals surface area contributed by atoms with Gasteiger partial charge in [-0.2, -0.15) is 8.78 Å². The van der Waals surface area contributed by atoms with Gasteiger partial charge in [-0.05, 0) is 32.9 Å². The van der Waals surface area contributed by atoms with Crippen LogP contribution < -0.4 is 10.1 Å². The third-order valence-corrected chi connectivity index (χ3v) is 4.15. The van der Waals surface area contributed by atoms with E-state index in [1.807, 2.05) is 11.5 Å². The second-order valence-electron chi connectivity index (χ2n) is 6.08. The first-order valence-corrected chi connectivity index (χ1v) is 8.30. The summed E-state index contributed by atoms with van der Waals surface area (Å²) < 4.78 is 36.4. The molecule has 0 aliphatic carbocycles. The van der Waals surface area contributed by atoms with Gasteiger partial charge in [0.15, 0.2) is 5.82 Å². The van der Waals surface area contributed by atoms with E-state index >= 15 is 0 Å². The van der Waals surface area contributed by atoms with Gasteiger partial charge in [-0.15, -0.1) is 0 Å². The number of hydrogen-bond donors (Lipinski definition) is 1. The van der Waals surface area contributed by atoms with Crippen molar-refractivity contribution in [3.05, 3.63) is 64.7 Å². The van der Waals surface area contributed by atoms with E-state index in [9.17, 15) is 13.6 Å². The fraction of sp³-hybridized carbons (Fsp3) is 0.263. The topological polar surface area (TPSA) is 69.3 Å². The van der Waals surface area contributed by atoms with E-state index in [0.717, 1.165) is 5.69 Å². The maximum Gasteiger partial charge on any atom is 0.387 e. The predicted molar refractivity (Wildman–Crippen MR) is 94.3 cm³/mol. The first kappa shape index (κ1) is 18.6. The maximum atomic E-state index is 12.6. The van der Waals surface area contributed by atoms with E-state index in [1.54, 1.807) is 44.2 Å². The van der Waals surface area contributed by atoms with E-state index in [0.29, 0.717) is 28.4 Å². The number of carbonyl (C=O) groups is 1. The summed E-state index contributed by atoms with van der Waals surface area (Å²) in [6, 6.07) is 9.87. The third kappa shape index (κ3) is 3.99. The highest BCUT2D eigenvalue weighted by molar-refractivity contribution is 5.95. The van der Waals surface area contributed by atoms with Crippen LogP contribution in [-0.2, 0) is 6.54 Å². The Kier molecular flexibility index (Phi) is 5.25. The first-order chi connectivity index (χ1) is 12.9. The zero-order valence-electron chi connectivity index (χ0n) is 15.1. The van der Waals surface area contributed by atoms with E-state index < -0.39 is 6.61 Å². The minimum absolute atomic E-state index is 0.0383. The molecule has 1 amide bonds. The number of carbonyl (C=O) groups excluding carboxylic acids is 1. The second kappa shape index (κ2) is 7.61. The van der Waals surface area contributed by atoms with E-state index in [1.165, 1.54) is 6.07 Å². The molecule has 0 atom stereocenters. The maximum absolute atomic E-state index is 12.6. The Bertz CT molecular complexity index is 963. The van der Waals surface area contributed by atoms with Gasteiger partial charge in [-0.1, -0.05) is 23.4 Å². The number of aromatic nitrogens is 2. The molecule has 0 saturated carbocycles. The summed E-state index contributed by atoms with van der Waals surface area (Å²) in [5, 5.41) is 6.73. The Morgan fingerprint density at radius 2 is 2.00 bits per heavy atom. The molecule has 1 N–H and O–H groups in total. The van der Waals surface area contributed by atoms with Crippen molar-refractivity contribution in [2.45, 2.75) is 33.9 Å². The van der Waals surface area contributed by atoms with Gasteiger partial charge < -0.3 is 14.6 Å². The van der Waals surface area contributed by atoms with E-state index in [4.69, 9.17) is 4.52 Å². The van der Waals surface area contributed by atoms with Crippen LogP contribution in [-0.4, -0.2) is 22.2 Å². The smallest absolute Gasteiger partial charge is 0.387 e. The monoisotopic (exact) mass is 375 g/mol. The molecule has 2 heterocycles. The quantitative estimate of drug-likeness (QED) is 0.709. The lowest BCUT2D eigenvalue weighted by molar-refractivity contribution is -0.0504. The number of rotatable bonds is 6. The molecule has 3 aromatic rings. The van der Waals surface area contributed by atoms with Crippen LogP contribution in [0.25, 0.3) is 5.82 Å². The zero-order chi connectivity index (χ0) is 19.6. The molecule has 142 valence electrons. The number of nitrogens with zero attached hydrogens (tertiary/aromatic N) is 2. The number of halogens is 2. The number of nitrogens with one attached hydrogen (secondary N) is 1. The number of amides is 1. The summed E-state index contributed by atoms with van der Waals surface area (Å²) in [7, 11) is 0. The average Bonchev–Trinajstić information content (AvgIpc) is 3.16. The van der Waals surface area contributed by atoms with Crippen LogP contribution in [0.2, 0.25) is 0 Å². The number of ether oxygens (including phenoxy) is 1. The number of alkyl halides is 2. The molecule has 0 saturated heterocycles. The summed E-state index contributed by atoms with van der Waals surface area (Å²) in [6.45, 7) is 2.59. The van der Waals surface area contributed by atoms with Gasteiger partial charge >= 0.3 is 6.61 Å². The normalized spacial score (nSPS) is 11.0. The average molecular weight is 375 g/mol. The lowest BCUT2D eigenvalue weighted by Crippen LogP contribution is -2.23. The largest absolute Gasteiger partial charge is 0.434 e. The highest BCUT2D eigenvalue weighted by Gasteiger charge is 2.19. The van der Waals surface area contributed by atoms with Crippen molar-refractivity contribution in [3.8, 4) is 11.6 Å². The lowest BCUT2D eigenvalue weighted by atomic mass is 10.2. The minimum Gasteiger partial charge on any atom is -0.434 e. The van der Waals surface area contributed by atoms with Gasteiger partial charge in [-0.3, -0.25) is 9.36 Å². The lowest BCUT2D eigenvalue weighted by Gasteiger charge is -2.11. The zero-order valence-corrected chi connectivity index (χ0v) is 15.1. The van der Waals surface area contributed by atoms with Crippen LogP contribution >= 0.6 is 0 Å².